The minimum absolute atomic E-state index is 0.353. The number of hydrogen-bond acceptors (Lipinski definition) is 3. The Morgan fingerprint density at radius 3 is 2.80 bits per heavy atom. The van der Waals surface area contributed by atoms with Gasteiger partial charge in [0.25, 0.3) is 0 Å². The van der Waals surface area contributed by atoms with Crippen LogP contribution in [0.25, 0.3) is 10.9 Å². The second-order valence-electron chi connectivity index (χ2n) is 4.15. The predicted octanol–water partition coefficient (Wildman–Crippen LogP) is 3.65. The number of pyridine rings is 1. The Labute approximate surface area is 112 Å². The number of rotatable bonds is 2. The zero-order chi connectivity index (χ0) is 14.8. The van der Waals surface area contributed by atoms with E-state index in [0.717, 1.165) is 5.56 Å². The zero-order valence-corrected chi connectivity index (χ0v) is 10.5. The summed E-state index contributed by atoms with van der Waals surface area (Å²) in [6.07, 6.45) is -4.11. The van der Waals surface area contributed by atoms with E-state index in [1.165, 1.54) is 0 Å². The van der Waals surface area contributed by atoms with Crippen molar-refractivity contribution in [2.24, 2.45) is 0 Å². The van der Waals surface area contributed by atoms with Crippen molar-refractivity contribution in [1.29, 1.82) is 0 Å². The lowest BCUT2D eigenvalue weighted by Gasteiger charge is -2.11. The van der Waals surface area contributed by atoms with Crippen molar-refractivity contribution in [3.8, 4) is 0 Å². The van der Waals surface area contributed by atoms with E-state index in [-0.39, 0.29) is 0 Å². The van der Waals surface area contributed by atoms with Crippen LogP contribution in [0.5, 0.6) is 0 Å². The van der Waals surface area contributed by atoms with E-state index in [9.17, 15) is 18.0 Å². The molecule has 0 aliphatic rings. The number of nitrogens with one attached hydrogen (secondary N) is 1. The Bertz CT molecular complexity index is 641. The monoisotopic (exact) mass is 284 g/mol. The molecule has 0 radical (unpaired) electrons. The maximum absolute atomic E-state index is 11.9. The van der Waals surface area contributed by atoms with Gasteiger partial charge in [-0.15, -0.1) is 0 Å². The van der Waals surface area contributed by atoms with Crippen LogP contribution in [0.15, 0.2) is 30.5 Å². The molecular weight excluding hydrogens is 273 g/mol. The molecule has 0 spiro atoms. The van der Waals surface area contributed by atoms with Gasteiger partial charge in [-0.1, -0.05) is 6.07 Å². The third-order valence-corrected chi connectivity index (χ3v) is 2.58. The van der Waals surface area contributed by atoms with Crippen molar-refractivity contribution < 1.29 is 22.7 Å². The number of nitrogens with zero attached hydrogens (tertiary/aromatic N) is 1. The van der Waals surface area contributed by atoms with Crippen LogP contribution in [0.4, 0.5) is 23.7 Å². The minimum atomic E-state index is -4.55. The van der Waals surface area contributed by atoms with E-state index in [1.807, 2.05) is 6.92 Å². The quantitative estimate of drug-likeness (QED) is 0.915. The molecule has 0 unspecified atom stereocenters. The van der Waals surface area contributed by atoms with E-state index in [4.69, 9.17) is 0 Å². The van der Waals surface area contributed by atoms with Crippen LogP contribution in [0.2, 0.25) is 0 Å². The summed E-state index contributed by atoms with van der Waals surface area (Å²) in [5, 5.41) is 2.92. The molecule has 1 heterocycles. The van der Waals surface area contributed by atoms with Crippen molar-refractivity contribution in [2.45, 2.75) is 13.1 Å². The minimum Gasteiger partial charge on any atom is -0.440 e. The lowest BCUT2D eigenvalue weighted by molar-refractivity contribution is -0.159. The smallest absolute Gasteiger partial charge is 0.422 e. The summed E-state index contributed by atoms with van der Waals surface area (Å²) in [4.78, 5) is 15.5. The molecule has 1 N–H and O–H groups in total. The molecule has 1 aromatic carbocycles. The van der Waals surface area contributed by atoms with Crippen LogP contribution in [-0.4, -0.2) is 23.9 Å². The van der Waals surface area contributed by atoms with Crippen molar-refractivity contribution in [2.75, 3.05) is 11.9 Å². The highest BCUT2D eigenvalue weighted by molar-refractivity contribution is 5.99. The molecule has 0 atom stereocenters. The number of carbonyl (C=O) groups is 1. The molecule has 0 saturated heterocycles. The molecule has 1 amide bonds. The van der Waals surface area contributed by atoms with Gasteiger partial charge in [0, 0.05) is 11.6 Å². The van der Waals surface area contributed by atoms with E-state index in [0.29, 0.717) is 16.6 Å². The Kier molecular flexibility index (Phi) is 3.78. The van der Waals surface area contributed by atoms with Crippen LogP contribution in [0, 0.1) is 6.92 Å². The van der Waals surface area contributed by atoms with Gasteiger partial charge in [0.2, 0.25) is 0 Å². The van der Waals surface area contributed by atoms with E-state index >= 15 is 0 Å². The van der Waals surface area contributed by atoms with Crippen molar-refractivity contribution in [3.63, 3.8) is 0 Å². The number of amides is 1. The topological polar surface area (TPSA) is 51.2 Å². The number of benzene rings is 1. The first-order chi connectivity index (χ1) is 9.37. The molecule has 20 heavy (non-hydrogen) atoms. The molecule has 7 heteroatoms. The van der Waals surface area contributed by atoms with Gasteiger partial charge in [-0.3, -0.25) is 10.3 Å². The highest BCUT2D eigenvalue weighted by Gasteiger charge is 2.29. The number of hydrogen-bond donors (Lipinski definition) is 1. The lowest BCUT2D eigenvalue weighted by atomic mass is 10.1. The maximum Gasteiger partial charge on any atom is 0.422 e. The van der Waals surface area contributed by atoms with E-state index in [1.54, 1.807) is 30.5 Å². The SMILES string of the molecule is Cc1ccc(NC(=O)OCC(F)(F)F)c2cccnc12. The fraction of sp³-hybridized carbons (Fsp3) is 0.231. The summed E-state index contributed by atoms with van der Waals surface area (Å²) in [5.74, 6) is 0. The Balaban J connectivity index is 2.18. The highest BCUT2D eigenvalue weighted by Crippen LogP contribution is 2.24. The fourth-order valence-corrected chi connectivity index (χ4v) is 1.72. The third kappa shape index (κ3) is 3.37. The van der Waals surface area contributed by atoms with Gasteiger partial charge in [-0.2, -0.15) is 13.2 Å². The van der Waals surface area contributed by atoms with E-state index in [2.05, 4.69) is 15.0 Å². The average molecular weight is 284 g/mol. The Hall–Kier alpha value is -2.31. The first-order valence-corrected chi connectivity index (χ1v) is 5.72. The fourth-order valence-electron chi connectivity index (χ4n) is 1.72. The van der Waals surface area contributed by atoms with Crippen LogP contribution in [0.3, 0.4) is 0 Å². The molecular formula is C13H11F3N2O2. The molecule has 0 fully saturated rings. The van der Waals surface area contributed by atoms with Gasteiger partial charge in [-0.25, -0.2) is 4.79 Å². The first kappa shape index (κ1) is 14.1. The van der Waals surface area contributed by atoms with Gasteiger partial charge in [0.15, 0.2) is 6.61 Å². The Morgan fingerprint density at radius 1 is 1.35 bits per heavy atom. The number of ether oxygens (including phenoxy) is 1. The Morgan fingerprint density at radius 2 is 2.10 bits per heavy atom. The largest absolute Gasteiger partial charge is 0.440 e. The number of carbonyl (C=O) groups excluding carboxylic acids is 1. The number of anilines is 1. The molecule has 1 aromatic heterocycles. The summed E-state index contributed by atoms with van der Waals surface area (Å²) in [6, 6.07) is 6.70. The summed E-state index contributed by atoms with van der Waals surface area (Å²) in [7, 11) is 0. The second-order valence-corrected chi connectivity index (χ2v) is 4.15. The molecule has 2 rings (SSSR count). The molecule has 0 aliphatic carbocycles. The van der Waals surface area contributed by atoms with E-state index < -0.39 is 18.9 Å². The number of aryl methyl sites for hydroxylation is 1. The highest BCUT2D eigenvalue weighted by atomic mass is 19.4. The number of alkyl halides is 3. The second kappa shape index (κ2) is 5.36. The summed E-state index contributed by atoms with van der Waals surface area (Å²) < 4.78 is 39.9. The van der Waals surface area contributed by atoms with Crippen molar-refractivity contribution in [3.05, 3.63) is 36.0 Å². The first-order valence-electron chi connectivity index (χ1n) is 5.72. The zero-order valence-electron chi connectivity index (χ0n) is 10.5. The van der Waals surface area contributed by atoms with Gasteiger partial charge in [-0.05, 0) is 30.7 Å². The van der Waals surface area contributed by atoms with Gasteiger partial charge >= 0.3 is 12.3 Å². The lowest BCUT2D eigenvalue weighted by Crippen LogP contribution is -2.23. The molecule has 2 aromatic rings. The summed E-state index contributed by atoms with van der Waals surface area (Å²) in [6.45, 7) is 0.224. The molecule has 0 bridgehead atoms. The van der Waals surface area contributed by atoms with Crippen molar-refractivity contribution >= 4 is 22.7 Å². The molecule has 106 valence electrons. The van der Waals surface area contributed by atoms with Crippen LogP contribution >= 0.6 is 0 Å². The van der Waals surface area contributed by atoms with Crippen LogP contribution < -0.4 is 5.32 Å². The third-order valence-electron chi connectivity index (χ3n) is 2.58. The maximum atomic E-state index is 11.9. The normalized spacial score (nSPS) is 11.4. The van der Waals surface area contributed by atoms with Crippen molar-refractivity contribution in [1.82, 2.24) is 4.98 Å². The van der Waals surface area contributed by atoms with Crippen LogP contribution in [-0.2, 0) is 4.74 Å². The van der Waals surface area contributed by atoms with Gasteiger partial charge in [0.05, 0.1) is 11.2 Å². The number of fused-ring (bicyclic) bond motifs is 1. The molecule has 0 saturated carbocycles. The summed E-state index contributed by atoms with van der Waals surface area (Å²) >= 11 is 0. The predicted molar refractivity (Wildman–Crippen MR) is 67.5 cm³/mol. The van der Waals surface area contributed by atoms with Crippen LogP contribution in [0.1, 0.15) is 5.56 Å². The number of halogens is 3. The molecule has 4 nitrogen and oxygen atoms in total. The van der Waals surface area contributed by atoms with Gasteiger partial charge < -0.3 is 4.74 Å². The molecule has 0 aliphatic heterocycles. The number of aromatic nitrogens is 1. The average Bonchev–Trinajstić information content (AvgIpc) is 2.39. The van der Waals surface area contributed by atoms with Gasteiger partial charge in [0.1, 0.15) is 0 Å². The summed E-state index contributed by atoms with van der Waals surface area (Å²) in [5.41, 5.74) is 1.92. The standard InChI is InChI=1S/C13H11F3N2O2/c1-8-4-5-10(9-3-2-6-17-11(8)9)18-12(19)20-7-13(14,15)16/h2-6H,7H2,1H3,(H,18,19).